The second kappa shape index (κ2) is 7.43. The van der Waals surface area contributed by atoms with Gasteiger partial charge in [0.1, 0.15) is 5.82 Å². The number of hydrogen-bond donors (Lipinski definition) is 3. The van der Waals surface area contributed by atoms with Crippen molar-refractivity contribution in [1.29, 1.82) is 0 Å². The number of fused-ring (bicyclic) bond motifs is 1. The number of aromatic amines is 1. The number of amides is 1. The van der Waals surface area contributed by atoms with Crippen LogP contribution in [-0.4, -0.2) is 21.5 Å². The van der Waals surface area contributed by atoms with Crippen LogP contribution in [0.2, 0.25) is 0 Å². The number of nitrogens with zero attached hydrogens (tertiary/aromatic N) is 1. The van der Waals surface area contributed by atoms with Gasteiger partial charge in [0.2, 0.25) is 5.91 Å². The average Bonchev–Trinajstić information content (AvgIpc) is 3.09. The van der Waals surface area contributed by atoms with E-state index < -0.39 is 5.92 Å². The third-order valence-corrected chi connectivity index (χ3v) is 5.81. The first-order valence-electron chi connectivity index (χ1n) is 10.3. The van der Waals surface area contributed by atoms with E-state index in [0.717, 1.165) is 29.8 Å². The Labute approximate surface area is 178 Å². The molecule has 156 valence electrons. The molecule has 0 fully saturated rings. The zero-order valence-corrected chi connectivity index (χ0v) is 17.1. The van der Waals surface area contributed by atoms with Crippen molar-refractivity contribution in [3.8, 4) is 5.69 Å². The minimum Gasteiger partial charge on any atom is -0.343 e. The number of Topliss-reactive ketones (excluding diaryl/α,β-unsaturated/α-hetero) is 1. The Bertz CT molecular complexity index is 1270. The predicted molar refractivity (Wildman–Crippen MR) is 118 cm³/mol. The maximum atomic E-state index is 13.5. The molecule has 3 aromatic rings. The average molecular weight is 414 g/mol. The second-order valence-electron chi connectivity index (χ2n) is 7.91. The SMILES string of the molecule is CC(=O)Nc1ccc([C@H]2C3=C(CCCC3=O)Nc3[nH]n(-c4ccccc4)c(=O)c32)cc1. The molecule has 2 aromatic carbocycles. The molecular weight excluding hydrogens is 392 g/mol. The predicted octanol–water partition coefficient (Wildman–Crippen LogP) is 3.69. The van der Waals surface area contributed by atoms with Crippen molar-refractivity contribution in [2.45, 2.75) is 32.1 Å². The largest absolute Gasteiger partial charge is 0.343 e. The summed E-state index contributed by atoms with van der Waals surface area (Å²) in [5.74, 6) is 0.0836. The fourth-order valence-corrected chi connectivity index (χ4v) is 4.49. The summed E-state index contributed by atoms with van der Waals surface area (Å²) in [5, 5.41) is 9.27. The number of ketones is 1. The first kappa shape index (κ1) is 19.1. The van der Waals surface area contributed by atoms with Crippen molar-refractivity contribution >= 4 is 23.2 Å². The van der Waals surface area contributed by atoms with Gasteiger partial charge < -0.3 is 10.6 Å². The van der Waals surface area contributed by atoms with Gasteiger partial charge in [-0.05, 0) is 42.7 Å². The van der Waals surface area contributed by atoms with Crippen LogP contribution in [0.5, 0.6) is 0 Å². The first-order valence-corrected chi connectivity index (χ1v) is 10.3. The molecule has 0 saturated heterocycles. The molecule has 2 aliphatic rings. The van der Waals surface area contributed by atoms with Gasteiger partial charge in [-0.15, -0.1) is 0 Å². The zero-order chi connectivity index (χ0) is 21.5. The lowest BCUT2D eigenvalue weighted by Crippen LogP contribution is -2.29. The van der Waals surface area contributed by atoms with Crippen LogP contribution in [0.15, 0.2) is 70.7 Å². The highest BCUT2D eigenvalue weighted by atomic mass is 16.1. The van der Waals surface area contributed by atoms with Crippen molar-refractivity contribution in [1.82, 2.24) is 9.78 Å². The smallest absolute Gasteiger partial charge is 0.277 e. The fraction of sp³-hybridized carbons (Fsp3) is 0.208. The molecule has 0 radical (unpaired) electrons. The van der Waals surface area contributed by atoms with E-state index in [1.54, 1.807) is 12.1 Å². The highest BCUT2D eigenvalue weighted by molar-refractivity contribution is 6.01. The number of allylic oxidation sites excluding steroid dienone is 2. The summed E-state index contributed by atoms with van der Waals surface area (Å²) in [5.41, 5.74) is 4.14. The Morgan fingerprint density at radius 3 is 2.48 bits per heavy atom. The second-order valence-corrected chi connectivity index (χ2v) is 7.91. The van der Waals surface area contributed by atoms with E-state index in [-0.39, 0.29) is 17.2 Å². The third-order valence-electron chi connectivity index (χ3n) is 5.81. The number of nitrogens with one attached hydrogen (secondary N) is 3. The number of H-pyrrole nitrogens is 1. The number of benzene rings is 2. The minimum absolute atomic E-state index is 0.0715. The Morgan fingerprint density at radius 1 is 1.03 bits per heavy atom. The third kappa shape index (κ3) is 3.28. The lowest BCUT2D eigenvalue weighted by molar-refractivity contribution is -0.116. The summed E-state index contributed by atoms with van der Waals surface area (Å²) in [6, 6.07) is 16.7. The van der Waals surface area contributed by atoms with E-state index in [1.807, 2.05) is 42.5 Å². The lowest BCUT2D eigenvalue weighted by atomic mass is 9.77. The number of para-hydroxylation sites is 1. The molecule has 5 rings (SSSR count). The van der Waals surface area contributed by atoms with Crippen molar-refractivity contribution in [2.75, 3.05) is 10.6 Å². The normalized spacial score (nSPS) is 17.6. The first-order chi connectivity index (χ1) is 15.0. The zero-order valence-electron chi connectivity index (χ0n) is 17.1. The van der Waals surface area contributed by atoms with Crippen LogP contribution in [0.4, 0.5) is 11.5 Å². The molecule has 7 nitrogen and oxygen atoms in total. The van der Waals surface area contributed by atoms with Crippen molar-refractivity contribution in [3.63, 3.8) is 0 Å². The van der Waals surface area contributed by atoms with E-state index >= 15 is 0 Å². The van der Waals surface area contributed by atoms with Crippen LogP contribution in [-0.2, 0) is 9.59 Å². The van der Waals surface area contributed by atoms with Gasteiger partial charge in [0.15, 0.2) is 5.78 Å². The molecule has 1 aliphatic heterocycles. The Kier molecular flexibility index (Phi) is 4.58. The number of carbonyl (C=O) groups excluding carboxylic acids is 2. The van der Waals surface area contributed by atoms with Crippen LogP contribution in [0.1, 0.15) is 43.2 Å². The van der Waals surface area contributed by atoms with Crippen LogP contribution >= 0.6 is 0 Å². The highest BCUT2D eigenvalue weighted by Crippen LogP contribution is 2.43. The van der Waals surface area contributed by atoms with Crippen molar-refractivity contribution in [2.24, 2.45) is 0 Å². The molecule has 7 heteroatoms. The molecule has 31 heavy (non-hydrogen) atoms. The number of carbonyl (C=O) groups is 2. The van der Waals surface area contributed by atoms with Gasteiger partial charge in [0.05, 0.1) is 11.3 Å². The highest BCUT2D eigenvalue weighted by Gasteiger charge is 2.38. The molecular formula is C24H22N4O3. The van der Waals surface area contributed by atoms with Crippen LogP contribution in [0, 0.1) is 0 Å². The summed E-state index contributed by atoms with van der Waals surface area (Å²) in [6.07, 6.45) is 2.03. The van der Waals surface area contributed by atoms with Crippen LogP contribution in [0.3, 0.4) is 0 Å². The van der Waals surface area contributed by atoms with E-state index in [2.05, 4.69) is 15.7 Å². The van der Waals surface area contributed by atoms with Crippen LogP contribution in [0.25, 0.3) is 5.69 Å². The summed E-state index contributed by atoms with van der Waals surface area (Å²) < 4.78 is 1.51. The molecule has 3 N–H and O–H groups in total. The van der Waals surface area contributed by atoms with E-state index in [1.165, 1.54) is 11.6 Å². The van der Waals surface area contributed by atoms with Gasteiger partial charge in [-0.1, -0.05) is 30.3 Å². The van der Waals surface area contributed by atoms with Gasteiger partial charge in [-0.3, -0.25) is 19.5 Å². The van der Waals surface area contributed by atoms with Crippen LogP contribution < -0.4 is 16.2 Å². The monoisotopic (exact) mass is 414 g/mol. The van der Waals surface area contributed by atoms with Gasteiger partial charge >= 0.3 is 0 Å². The quantitative estimate of drug-likeness (QED) is 0.609. The fourth-order valence-electron chi connectivity index (χ4n) is 4.49. The maximum Gasteiger partial charge on any atom is 0.277 e. The molecule has 1 amide bonds. The van der Waals surface area contributed by atoms with E-state index in [0.29, 0.717) is 29.1 Å². The van der Waals surface area contributed by atoms with Crippen molar-refractivity contribution in [3.05, 3.63) is 87.3 Å². The Hall–Kier alpha value is -3.87. The van der Waals surface area contributed by atoms with Gasteiger partial charge in [0, 0.05) is 36.2 Å². The molecule has 0 bridgehead atoms. The van der Waals surface area contributed by atoms with E-state index in [4.69, 9.17) is 0 Å². The minimum atomic E-state index is -0.459. The lowest BCUT2D eigenvalue weighted by Gasteiger charge is -2.31. The molecule has 0 unspecified atom stereocenters. The summed E-state index contributed by atoms with van der Waals surface area (Å²) in [6.45, 7) is 1.45. The molecule has 2 heterocycles. The number of rotatable bonds is 3. The molecule has 1 aliphatic carbocycles. The molecule has 1 atom stereocenters. The van der Waals surface area contributed by atoms with Gasteiger partial charge in [-0.2, -0.15) is 0 Å². The Balaban J connectivity index is 1.67. The van der Waals surface area contributed by atoms with Gasteiger partial charge in [0.25, 0.3) is 5.56 Å². The molecule has 1 aromatic heterocycles. The van der Waals surface area contributed by atoms with Gasteiger partial charge in [-0.25, -0.2) is 4.68 Å². The summed E-state index contributed by atoms with van der Waals surface area (Å²) in [7, 11) is 0. The summed E-state index contributed by atoms with van der Waals surface area (Å²) in [4.78, 5) is 37.8. The number of anilines is 2. The van der Waals surface area contributed by atoms with Crippen molar-refractivity contribution < 1.29 is 9.59 Å². The number of hydrogen-bond acceptors (Lipinski definition) is 4. The standard InChI is InChI=1S/C24H22N4O3/c1-14(29)25-16-12-10-15(11-13-16)20-21-18(8-5-9-19(21)30)26-23-22(20)24(31)28(27-23)17-6-3-2-4-7-17/h2-4,6-7,10-13,20,26-27H,5,8-9H2,1H3,(H,25,29)/t20-/m0/s1. The number of aromatic nitrogens is 2. The summed E-state index contributed by atoms with van der Waals surface area (Å²) >= 11 is 0. The molecule has 0 spiro atoms. The maximum absolute atomic E-state index is 13.5. The topological polar surface area (TPSA) is 96.0 Å². The molecule has 0 saturated carbocycles. The van der Waals surface area contributed by atoms with E-state index in [9.17, 15) is 14.4 Å². The Morgan fingerprint density at radius 2 is 1.77 bits per heavy atom.